The molecule has 23 heavy (non-hydrogen) atoms. The molecule has 0 spiro atoms. The van der Waals surface area contributed by atoms with Crippen molar-refractivity contribution < 1.29 is 9.59 Å². The molecule has 0 radical (unpaired) electrons. The van der Waals surface area contributed by atoms with Gasteiger partial charge in [0.1, 0.15) is 5.69 Å². The number of hydrogen-bond donors (Lipinski definition) is 0. The third-order valence-electron chi connectivity index (χ3n) is 3.94. The van der Waals surface area contributed by atoms with Gasteiger partial charge < -0.3 is 0 Å². The number of carbonyl (C=O) groups excluding carboxylic acids is 2. The van der Waals surface area contributed by atoms with Crippen LogP contribution in [0.1, 0.15) is 41.4 Å². The third-order valence-corrected chi connectivity index (χ3v) is 3.94. The molecular weight excluding hydrogens is 292 g/mol. The maximum atomic E-state index is 11.7. The second-order valence-corrected chi connectivity index (χ2v) is 5.67. The highest BCUT2D eigenvalue weighted by Gasteiger charge is 2.33. The summed E-state index contributed by atoms with van der Waals surface area (Å²) in [7, 11) is 0. The van der Waals surface area contributed by atoms with Crippen LogP contribution < -0.4 is 0 Å². The first kappa shape index (κ1) is 15.1. The van der Waals surface area contributed by atoms with Gasteiger partial charge in [0.25, 0.3) is 0 Å². The van der Waals surface area contributed by atoms with Crippen LogP contribution in [0.5, 0.6) is 0 Å². The zero-order valence-corrected chi connectivity index (χ0v) is 13.4. The molecule has 0 fully saturated rings. The first-order valence-electron chi connectivity index (χ1n) is 7.46. The summed E-state index contributed by atoms with van der Waals surface area (Å²) in [6.45, 7) is 5.34. The first-order chi connectivity index (χ1) is 11.0. The average molecular weight is 310 g/mol. The van der Waals surface area contributed by atoms with Crippen molar-refractivity contribution in [2.24, 2.45) is 5.10 Å². The van der Waals surface area contributed by atoms with Gasteiger partial charge in [-0.05, 0) is 18.1 Å². The number of hydrazone groups is 1. The number of hydrogen-bond acceptors (Lipinski definition) is 4. The van der Waals surface area contributed by atoms with E-state index < -0.39 is 0 Å². The van der Waals surface area contributed by atoms with E-state index in [1.54, 1.807) is 6.20 Å². The second kappa shape index (κ2) is 5.79. The molecule has 6 nitrogen and oxygen atoms in total. The van der Waals surface area contributed by atoms with E-state index in [2.05, 4.69) is 10.2 Å². The predicted octanol–water partition coefficient (Wildman–Crippen LogP) is 2.20. The topological polar surface area (TPSA) is 67.6 Å². The molecule has 1 atom stereocenters. The lowest BCUT2D eigenvalue weighted by Crippen LogP contribution is -2.23. The number of aryl methyl sites for hydroxylation is 1. The van der Waals surface area contributed by atoms with Crippen LogP contribution in [-0.2, 0) is 4.79 Å². The van der Waals surface area contributed by atoms with E-state index in [1.807, 2.05) is 37.3 Å². The minimum atomic E-state index is -0.155. The molecule has 1 aromatic heterocycles. The summed E-state index contributed by atoms with van der Waals surface area (Å²) < 4.78 is 1.31. The number of carbonyl (C=O) groups is 2. The summed E-state index contributed by atoms with van der Waals surface area (Å²) in [4.78, 5) is 23.3. The lowest BCUT2D eigenvalue weighted by atomic mass is 9.92. The maximum absolute atomic E-state index is 11.7. The first-order valence-corrected chi connectivity index (χ1v) is 7.46. The summed E-state index contributed by atoms with van der Waals surface area (Å²) in [5.74, 6) is -0.309. The fourth-order valence-electron chi connectivity index (χ4n) is 2.73. The van der Waals surface area contributed by atoms with E-state index >= 15 is 0 Å². The highest BCUT2D eigenvalue weighted by atomic mass is 16.2. The lowest BCUT2D eigenvalue weighted by molar-refractivity contribution is -0.128. The molecule has 6 heteroatoms. The molecule has 1 aliphatic heterocycles. The number of benzene rings is 1. The van der Waals surface area contributed by atoms with Gasteiger partial charge in [-0.2, -0.15) is 10.2 Å². The molecule has 1 aliphatic rings. The van der Waals surface area contributed by atoms with E-state index in [1.165, 1.54) is 23.5 Å². The van der Waals surface area contributed by atoms with Crippen LogP contribution in [0.15, 0.2) is 41.6 Å². The fraction of sp³-hybridized carbons (Fsp3) is 0.294. The van der Waals surface area contributed by atoms with Crippen molar-refractivity contribution >= 4 is 17.5 Å². The van der Waals surface area contributed by atoms with Gasteiger partial charge in [0.2, 0.25) is 11.8 Å². The van der Waals surface area contributed by atoms with Gasteiger partial charge in [0.15, 0.2) is 0 Å². The Hall–Kier alpha value is -2.76. The van der Waals surface area contributed by atoms with Crippen molar-refractivity contribution in [1.82, 2.24) is 14.8 Å². The molecule has 2 aromatic rings. The van der Waals surface area contributed by atoms with E-state index in [0.29, 0.717) is 12.2 Å². The normalized spacial score (nSPS) is 17.3. The Morgan fingerprint density at radius 1 is 1.13 bits per heavy atom. The second-order valence-electron chi connectivity index (χ2n) is 5.67. The predicted molar refractivity (Wildman–Crippen MR) is 86.4 cm³/mol. The number of amides is 1. The van der Waals surface area contributed by atoms with Crippen molar-refractivity contribution in [3.8, 4) is 0 Å². The number of rotatable bonds is 2. The highest BCUT2D eigenvalue weighted by Crippen LogP contribution is 2.29. The van der Waals surface area contributed by atoms with Crippen molar-refractivity contribution in [3.05, 3.63) is 53.3 Å². The highest BCUT2D eigenvalue weighted by molar-refractivity contribution is 6.07. The Balaban J connectivity index is 2.07. The molecule has 0 aliphatic carbocycles. The quantitative estimate of drug-likeness (QED) is 0.854. The minimum Gasteiger partial charge on any atom is -0.273 e. The molecule has 0 saturated heterocycles. The Morgan fingerprint density at radius 3 is 2.39 bits per heavy atom. The summed E-state index contributed by atoms with van der Waals surface area (Å²) in [6.07, 6.45) is 1.69. The SMILES string of the molecule is CC(=O)N1CC(c2ccccc2)C(c2nn(C(C)=O)cc2C)=N1. The molecule has 2 heterocycles. The maximum Gasteiger partial charge on any atom is 0.243 e. The standard InChI is InChI=1S/C17H18N4O2/c1-11-9-20(12(2)22)18-16(11)17-15(10-21(19-17)13(3)23)14-7-5-4-6-8-14/h4-9,15H,10H2,1-3H3. The van der Waals surface area contributed by atoms with Crippen LogP contribution >= 0.6 is 0 Å². The van der Waals surface area contributed by atoms with Crippen LogP contribution in [0.3, 0.4) is 0 Å². The Bertz CT molecular complexity index is 792. The zero-order valence-electron chi connectivity index (χ0n) is 13.4. The van der Waals surface area contributed by atoms with Crippen molar-refractivity contribution in [1.29, 1.82) is 0 Å². The van der Waals surface area contributed by atoms with Crippen LogP contribution in [0.4, 0.5) is 0 Å². The molecule has 0 saturated carbocycles. The third kappa shape index (κ3) is 2.79. The molecule has 1 unspecified atom stereocenters. The van der Waals surface area contributed by atoms with E-state index in [4.69, 9.17) is 0 Å². The van der Waals surface area contributed by atoms with Gasteiger partial charge in [-0.15, -0.1) is 0 Å². The smallest absolute Gasteiger partial charge is 0.243 e. The van der Waals surface area contributed by atoms with Crippen LogP contribution in [-0.4, -0.2) is 38.9 Å². The molecular formula is C17H18N4O2. The van der Waals surface area contributed by atoms with Crippen LogP contribution in [0, 0.1) is 6.92 Å². The van der Waals surface area contributed by atoms with E-state index in [0.717, 1.165) is 16.8 Å². The van der Waals surface area contributed by atoms with Gasteiger partial charge >= 0.3 is 0 Å². The van der Waals surface area contributed by atoms with E-state index in [-0.39, 0.29) is 17.7 Å². The lowest BCUT2D eigenvalue weighted by Gasteiger charge is -2.13. The van der Waals surface area contributed by atoms with Crippen LogP contribution in [0.2, 0.25) is 0 Å². The summed E-state index contributed by atoms with van der Waals surface area (Å²) in [5, 5.41) is 10.3. The summed E-state index contributed by atoms with van der Waals surface area (Å²) >= 11 is 0. The van der Waals surface area contributed by atoms with Gasteiger partial charge in [-0.1, -0.05) is 30.3 Å². The monoisotopic (exact) mass is 310 g/mol. The van der Waals surface area contributed by atoms with Crippen molar-refractivity contribution in [2.45, 2.75) is 26.7 Å². The molecule has 0 N–H and O–H groups in total. The molecule has 3 rings (SSSR count). The Kier molecular flexibility index (Phi) is 3.82. The Morgan fingerprint density at radius 2 is 1.83 bits per heavy atom. The molecule has 0 bridgehead atoms. The Labute approximate surface area is 134 Å². The van der Waals surface area contributed by atoms with Crippen molar-refractivity contribution in [3.63, 3.8) is 0 Å². The number of aromatic nitrogens is 2. The van der Waals surface area contributed by atoms with Gasteiger partial charge in [0, 0.05) is 20.0 Å². The minimum absolute atomic E-state index is 0.0471. The van der Waals surface area contributed by atoms with Gasteiger partial charge in [-0.3, -0.25) is 9.59 Å². The van der Waals surface area contributed by atoms with Gasteiger partial charge in [-0.25, -0.2) is 9.69 Å². The zero-order chi connectivity index (χ0) is 16.6. The average Bonchev–Trinajstić information content (AvgIpc) is 3.11. The summed E-state index contributed by atoms with van der Waals surface area (Å²) in [5.41, 5.74) is 3.33. The van der Waals surface area contributed by atoms with Crippen LogP contribution in [0.25, 0.3) is 0 Å². The molecule has 1 aromatic carbocycles. The summed E-state index contributed by atoms with van der Waals surface area (Å²) in [6, 6.07) is 9.91. The largest absolute Gasteiger partial charge is 0.273 e. The van der Waals surface area contributed by atoms with Gasteiger partial charge in [0.05, 0.1) is 18.2 Å². The van der Waals surface area contributed by atoms with Crippen molar-refractivity contribution in [2.75, 3.05) is 6.54 Å². The molecule has 118 valence electrons. The number of nitrogens with zero attached hydrogens (tertiary/aromatic N) is 4. The van der Waals surface area contributed by atoms with E-state index in [9.17, 15) is 9.59 Å². The fourth-order valence-corrected chi connectivity index (χ4v) is 2.73. The molecule has 1 amide bonds.